The highest BCUT2D eigenvalue weighted by Gasteiger charge is 2.08. The number of H-pyrrole nitrogens is 1. The van der Waals surface area contributed by atoms with Crippen LogP contribution in [0.4, 0.5) is 21.6 Å². The summed E-state index contributed by atoms with van der Waals surface area (Å²) in [5.41, 5.74) is 2.96. The summed E-state index contributed by atoms with van der Waals surface area (Å²) in [5.74, 6) is 1.21. The van der Waals surface area contributed by atoms with Crippen LogP contribution >= 0.6 is 0 Å². The molecule has 0 aliphatic heterocycles. The minimum absolute atomic E-state index is 0.191. The molecule has 3 aromatic rings. The van der Waals surface area contributed by atoms with Gasteiger partial charge in [-0.1, -0.05) is 0 Å². The monoisotopic (exact) mass is 428 g/mol. The molecule has 0 amide bonds. The van der Waals surface area contributed by atoms with Crippen LogP contribution in [0.25, 0.3) is 0 Å². The van der Waals surface area contributed by atoms with Crippen LogP contribution < -0.4 is 10.6 Å². The minimum atomic E-state index is -0.318. The Labute approximate surface area is 181 Å². The van der Waals surface area contributed by atoms with Gasteiger partial charge in [-0.25, -0.2) is 14.4 Å². The summed E-state index contributed by atoms with van der Waals surface area (Å²) in [5, 5.41) is 13.3. The first-order valence-electron chi connectivity index (χ1n) is 9.88. The van der Waals surface area contributed by atoms with E-state index in [-0.39, 0.29) is 11.4 Å². The van der Waals surface area contributed by atoms with Gasteiger partial charge in [0.15, 0.2) is 5.82 Å². The number of ether oxygens (including phenoxy) is 1. The number of halogens is 1. The highest BCUT2D eigenvalue weighted by molar-refractivity contribution is 5.53. The Bertz CT molecular complexity index is 967. The lowest BCUT2D eigenvalue weighted by Crippen LogP contribution is -2.17. The molecular formula is C22H29FN6O2. The Balaban J connectivity index is 0.000000423. The molecule has 0 aliphatic carbocycles. The first-order chi connectivity index (χ1) is 14.7. The zero-order chi connectivity index (χ0) is 22.9. The summed E-state index contributed by atoms with van der Waals surface area (Å²) >= 11 is 0. The molecular weight excluding hydrogens is 399 g/mol. The Hall–Kier alpha value is -3.49. The van der Waals surface area contributed by atoms with Gasteiger partial charge in [0.05, 0.1) is 18.1 Å². The zero-order valence-corrected chi connectivity index (χ0v) is 18.5. The Morgan fingerprint density at radius 3 is 2.42 bits per heavy atom. The highest BCUT2D eigenvalue weighted by Crippen LogP contribution is 2.18. The molecule has 0 saturated heterocycles. The number of nitrogens with one attached hydrogen (secondary N) is 3. The van der Waals surface area contributed by atoms with Crippen molar-refractivity contribution in [1.29, 1.82) is 0 Å². The average molecular weight is 429 g/mol. The van der Waals surface area contributed by atoms with Gasteiger partial charge in [-0.15, -0.1) is 0 Å². The van der Waals surface area contributed by atoms with Crippen LogP contribution in [-0.2, 0) is 22.4 Å². The number of benzene rings is 1. The van der Waals surface area contributed by atoms with Crippen molar-refractivity contribution in [2.24, 2.45) is 0 Å². The first kappa shape index (κ1) is 23.8. The lowest BCUT2D eigenvalue weighted by molar-refractivity contribution is -0.138. The van der Waals surface area contributed by atoms with Crippen molar-refractivity contribution < 1.29 is 13.9 Å². The van der Waals surface area contributed by atoms with Crippen LogP contribution in [0.15, 0.2) is 36.7 Å². The van der Waals surface area contributed by atoms with Gasteiger partial charge in [0.1, 0.15) is 17.2 Å². The zero-order valence-electron chi connectivity index (χ0n) is 18.5. The molecule has 3 rings (SSSR count). The Morgan fingerprint density at radius 1 is 1.13 bits per heavy atom. The average Bonchev–Trinajstić information content (AvgIpc) is 3.16. The van der Waals surface area contributed by atoms with Gasteiger partial charge in [-0.2, -0.15) is 5.10 Å². The Morgan fingerprint density at radius 2 is 1.84 bits per heavy atom. The largest absolute Gasteiger partial charge is 0.462 e. The molecule has 3 N–H and O–H groups in total. The topological polar surface area (TPSA) is 105 Å². The van der Waals surface area contributed by atoms with Crippen molar-refractivity contribution in [3.05, 3.63) is 59.6 Å². The van der Waals surface area contributed by atoms with E-state index in [0.29, 0.717) is 36.5 Å². The predicted molar refractivity (Wildman–Crippen MR) is 119 cm³/mol. The summed E-state index contributed by atoms with van der Waals surface area (Å²) in [4.78, 5) is 17.8. The minimum Gasteiger partial charge on any atom is -0.462 e. The summed E-state index contributed by atoms with van der Waals surface area (Å²) < 4.78 is 18.4. The van der Waals surface area contributed by atoms with Gasteiger partial charge in [-0.3, -0.25) is 9.89 Å². The number of hydrogen-bond donors (Lipinski definition) is 3. The van der Waals surface area contributed by atoms with Gasteiger partial charge in [0.25, 0.3) is 6.47 Å². The van der Waals surface area contributed by atoms with E-state index in [1.807, 2.05) is 46.9 Å². The van der Waals surface area contributed by atoms with E-state index in [9.17, 15) is 9.18 Å². The van der Waals surface area contributed by atoms with Crippen molar-refractivity contribution in [3.63, 3.8) is 0 Å². The van der Waals surface area contributed by atoms with E-state index >= 15 is 0 Å². The fraction of sp³-hybridized carbons (Fsp3) is 0.364. The second kappa shape index (κ2) is 11.1. The third-order valence-corrected chi connectivity index (χ3v) is 4.08. The second-order valence-electron chi connectivity index (χ2n) is 7.81. The van der Waals surface area contributed by atoms with Gasteiger partial charge in [0.2, 0.25) is 0 Å². The molecule has 0 spiro atoms. The predicted octanol–water partition coefficient (Wildman–Crippen LogP) is 4.18. The summed E-state index contributed by atoms with van der Waals surface area (Å²) in [6.45, 7) is 7.75. The molecule has 9 heteroatoms. The molecule has 0 fully saturated rings. The van der Waals surface area contributed by atoms with Gasteiger partial charge >= 0.3 is 0 Å². The van der Waals surface area contributed by atoms with Crippen LogP contribution in [-0.4, -0.2) is 39.3 Å². The van der Waals surface area contributed by atoms with Crippen molar-refractivity contribution >= 4 is 23.7 Å². The number of aromatic nitrogens is 4. The van der Waals surface area contributed by atoms with Crippen molar-refractivity contribution in [3.8, 4) is 0 Å². The lowest BCUT2D eigenvalue weighted by Gasteiger charge is -2.14. The van der Waals surface area contributed by atoms with Crippen LogP contribution in [0.2, 0.25) is 0 Å². The van der Waals surface area contributed by atoms with E-state index in [4.69, 9.17) is 0 Å². The van der Waals surface area contributed by atoms with Crippen molar-refractivity contribution in [2.45, 2.75) is 46.1 Å². The molecule has 1 aromatic carbocycles. The molecule has 0 saturated carbocycles. The number of rotatable bonds is 7. The normalized spacial score (nSPS) is 10.6. The van der Waals surface area contributed by atoms with E-state index in [1.54, 1.807) is 18.5 Å². The molecule has 0 bridgehead atoms. The molecule has 0 radical (unpaired) electrons. The molecule has 166 valence electrons. The molecule has 0 unspecified atom stereocenters. The summed E-state index contributed by atoms with van der Waals surface area (Å²) in [6, 6.07) is 6.94. The maximum absolute atomic E-state index is 13.9. The molecule has 0 atom stereocenters. The number of aryl methyl sites for hydroxylation is 3. The molecule has 2 aromatic heterocycles. The number of aromatic amines is 1. The number of carbonyl (C=O) groups excluding carboxylic acids is 1. The molecule has 2 heterocycles. The maximum atomic E-state index is 13.9. The summed E-state index contributed by atoms with van der Waals surface area (Å²) in [6.07, 6.45) is 4.67. The highest BCUT2D eigenvalue weighted by atomic mass is 19.1. The molecule has 31 heavy (non-hydrogen) atoms. The lowest BCUT2D eigenvalue weighted by atomic mass is 10.1. The second-order valence-corrected chi connectivity index (χ2v) is 7.81. The summed E-state index contributed by atoms with van der Waals surface area (Å²) in [7, 11) is 1.82. The first-order valence-corrected chi connectivity index (χ1v) is 9.88. The quantitative estimate of drug-likeness (QED) is 0.485. The number of carbonyl (C=O) groups is 1. The SMILES string of the molecule is CC(C)(C)OC=O.CNc1ccc(F)c(CCc2cc(Nc3cnc(C)nc3)n[nH]2)c1. The number of anilines is 3. The number of nitrogens with zero attached hydrogens (tertiary/aromatic N) is 3. The van der Waals surface area contributed by atoms with Gasteiger partial charge in [-0.05, 0) is 64.3 Å². The smallest absolute Gasteiger partial charge is 0.293 e. The third kappa shape index (κ3) is 8.41. The van der Waals surface area contributed by atoms with Crippen molar-refractivity contribution in [2.75, 3.05) is 17.7 Å². The van der Waals surface area contributed by atoms with Crippen molar-refractivity contribution in [1.82, 2.24) is 20.2 Å². The van der Waals surface area contributed by atoms with E-state index in [2.05, 4.69) is 35.5 Å². The third-order valence-electron chi connectivity index (χ3n) is 4.08. The Kier molecular flexibility index (Phi) is 8.48. The van der Waals surface area contributed by atoms with Crippen LogP contribution in [0.5, 0.6) is 0 Å². The van der Waals surface area contributed by atoms with Crippen LogP contribution in [0.3, 0.4) is 0 Å². The standard InChI is InChI=1S/C17H19FN6.C5H10O2/c1-11-20-9-15(10-21-11)22-17-8-14(23-24-17)4-3-12-7-13(19-2)5-6-16(12)18;1-5(2,3)7-4-6/h5-10,19H,3-4H2,1-2H3,(H2,22,23,24);4H,1-3H3. The maximum Gasteiger partial charge on any atom is 0.293 e. The fourth-order valence-corrected chi connectivity index (χ4v) is 2.49. The van der Waals surface area contributed by atoms with Crippen LogP contribution in [0, 0.1) is 12.7 Å². The van der Waals surface area contributed by atoms with E-state index < -0.39 is 0 Å². The van der Waals surface area contributed by atoms with Crippen LogP contribution in [0.1, 0.15) is 37.9 Å². The van der Waals surface area contributed by atoms with E-state index in [1.165, 1.54) is 6.07 Å². The molecule has 8 nitrogen and oxygen atoms in total. The van der Waals surface area contributed by atoms with Gasteiger partial charge in [0, 0.05) is 24.5 Å². The number of hydrogen-bond acceptors (Lipinski definition) is 7. The fourth-order valence-electron chi connectivity index (χ4n) is 2.49. The van der Waals surface area contributed by atoms with E-state index in [0.717, 1.165) is 17.1 Å². The molecule has 0 aliphatic rings. The van der Waals surface area contributed by atoms with Gasteiger partial charge < -0.3 is 15.4 Å².